The van der Waals surface area contributed by atoms with Gasteiger partial charge in [-0.25, -0.2) is 0 Å². The lowest BCUT2D eigenvalue weighted by Gasteiger charge is -2.20. The molecule has 0 saturated heterocycles. The van der Waals surface area contributed by atoms with E-state index in [1.165, 1.54) is 6.07 Å². The third-order valence-electron chi connectivity index (χ3n) is 3.53. The molecule has 2 rings (SSSR count). The summed E-state index contributed by atoms with van der Waals surface area (Å²) in [6.07, 6.45) is 3.15. The average Bonchev–Trinajstić information content (AvgIpc) is 2.76. The third-order valence-corrected chi connectivity index (χ3v) is 3.53. The molecular weight excluding hydrogens is 230 g/mol. The SMILES string of the molecule is COC1CCCC1NC(=O)c1ccc(O)cc1C. The predicted octanol–water partition coefficient (Wildman–Crippen LogP) is 2.00. The number of hydrogen-bond acceptors (Lipinski definition) is 3. The summed E-state index contributed by atoms with van der Waals surface area (Å²) in [4.78, 5) is 12.1. The van der Waals surface area contributed by atoms with Crippen LogP contribution in [0.5, 0.6) is 5.75 Å². The second kappa shape index (κ2) is 5.40. The van der Waals surface area contributed by atoms with Crippen LogP contribution in [0.3, 0.4) is 0 Å². The lowest BCUT2D eigenvalue weighted by atomic mass is 10.1. The summed E-state index contributed by atoms with van der Waals surface area (Å²) in [6, 6.07) is 4.87. The number of methoxy groups -OCH3 is 1. The molecule has 98 valence electrons. The third kappa shape index (κ3) is 2.64. The summed E-state index contributed by atoms with van der Waals surface area (Å²) in [5.41, 5.74) is 1.38. The highest BCUT2D eigenvalue weighted by Gasteiger charge is 2.28. The van der Waals surface area contributed by atoms with Gasteiger partial charge in [-0.3, -0.25) is 4.79 Å². The van der Waals surface area contributed by atoms with Crippen LogP contribution in [0, 0.1) is 6.92 Å². The molecule has 4 nitrogen and oxygen atoms in total. The molecule has 0 spiro atoms. The summed E-state index contributed by atoms with van der Waals surface area (Å²) in [5, 5.41) is 12.3. The van der Waals surface area contributed by atoms with E-state index in [1.54, 1.807) is 19.2 Å². The molecule has 1 saturated carbocycles. The number of carbonyl (C=O) groups is 1. The first-order valence-electron chi connectivity index (χ1n) is 6.25. The zero-order chi connectivity index (χ0) is 13.1. The van der Waals surface area contributed by atoms with Crippen molar-refractivity contribution in [3.05, 3.63) is 29.3 Å². The number of carbonyl (C=O) groups excluding carboxylic acids is 1. The lowest BCUT2D eigenvalue weighted by molar-refractivity contribution is 0.0722. The number of amides is 1. The molecule has 4 heteroatoms. The Kier molecular flexibility index (Phi) is 3.87. The molecule has 1 aliphatic carbocycles. The summed E-state index contributed by atoms with van der Waals surface area (Å²) < 4.78 is 5.36. The van der Waals surface area contributed by atoms with E-state index < -0.39 is 0 Å². The Labute approximate surface area is 107 Å². The maximum absolute atomic E-state index is 12.1. The second-order valence-corrected chi connectivity index (χ2v) is 4.78. The Bertz CT molecular complexity index is 445. The Morgan fingerprint density at radius 2 is 2.22 bits per heavy atom. The van der Waals surface area contributed by atoms with Gasteiger partial charge in [0, 0.05) is 12.7 Å². The molecule has 2 atom stereocenters. The summed E-state index contributed by atoms with van der Waals surface area (Å²) in [6.45, 7) is 1.82. The van der Waals surface area contributed by atoms with E-state index in [-0.39, 0.29) is 23.8 Å². The molecule has 2 N–H and O–H groups in total. The van der Waals surface area contributed by atoms with E-state index in [2.05, 4.69) is 5.32 Å². The van der Waals surface area contributed by atoms with Gasteiger partial charge in [-0.05, 0) is 49.9 Å². The molecule has 1 fully saturated rings. The van der Waals surface area contributed by atoms with Gasteiger partial charge in [0.1, 0.15) is 5.75 Å². The molecule has 18 heavy (non-hydrogen) atoms. The van der Waals surface area contributed by atoms with E-state index in [4.69, 9.17) is 4.74 Å². The van der Waals surface area contributed by atoms with Crippen LogP contribution in [-0.4, -0.2) is 30.3 Å². The zero-order valence-corrected chi connectivity index (χ0v) is 10.8. The largest absolute Gasteiger partial charge is 0.508 e. The van der Waals surface area contributed by atoms with Crippen molar-refractivity contribution in [2.45, 2.75) is 38.3 Å². The summed E-state index contributed by atoms with van der Waals surface area (Å²) >= 11 is 0. The van der Waals surface area contributed by atoms with Crippen LogP contribution < -0.4 is 5.32 Å². The average molecular weight is 249 g/mol. The number of phenols is 1. The van der Waals surface area contributed by atoms with E-state index in [0.717, 1.165) is 24.8 Å². The summed E-state index contributed by atoms with van der Waals surface area (Å²) in [7, 11) is 1.68. The fourth-order valence-corrected chi connectivity index (χ4v) is 2.52. The first-order chi connectivity index (χ1) is 8.61. The highest BCUT2D eigenvalue weighted by atomic mass is 16.5. The van der Waals surface area contributed by atoms with Crippen molar-refractivity contribution < 1.29 is 14.6 Å². The van der Waals surface area contributed by atoms with Gasteiger partial charge in [0.2, 0.25) is 0 Å². The van der Waals surface area contributed by atoms with Crippen molar-refractivity contribution in [1.82, 2.24) is 5.32 Å². The van der Waals surface area contributed by atoms with Gasteiger partial charge in [0.05, 0.1) is 12.1 Å². The van der Waals surface area contributed by atoms with Crippen molar-refractivity contribution >= 4 is 5.91 Å². The van der Waals surface area contributed by atoms with Crippen LogP contribution in [0.15, 0.2) is 18.2 Å². The Balaban J connectivity index is 2.07. The molecule has 1 aromatic carbocycles. The van der Waals surface area contributed by atoms with Gasteiger partial charge in [-0.2, -0.15) is 0 Å². The number of benzene rings is 1. The zero-order valence-electron chi connectivity index (χ0n) is 10.8. The minimum Gasteiger partial charge on any atom is -0.508 e. The van der Waals surface area contributed by atoms with Crippen LogP contribution in [0.1, 0.15) is 35.2 Å². The van der Waals surface area contributed by atoms with Crippen molar-refractivity contribution in [1.29, 1.82) is 0 Å². The molecule has 1 amide bonds. The first kappa shape index (κ1) is 12.9. The van der Waals surface area contributed by atoms with Crippen LogP contribution in [0.25, 0.3) is 0 Å². The normalized spacial score (nSPS) is 23.0. The number of phenolic OH excluding ortho intramolecular Hbond substituents is 1. The molecule has 1 aliphatic rings. The monoisotopic (exact) mass is 249 g/mol. The Morgan fingerprint density at radius 1 is 1.44 bits per heavy atom. The minimum absolute atomic E-state index is 0.0932. The molecule has 0 aromatic heterocycles. The number of aryl methyl sites for hydroxylation is 1. The second-order valence-electron chi connectivity index (χ2n) is 4.78. The molecule has 0 radical (unpaired) electrons. The Hall–Kier alpha value is -1.55. The van der Waals surface area contributed by atoms with Gasteiger partial charge >= 0.3 is 0 Å². The smallest absolute Gasteiger partial charge is 0.251 e. The van der Waals surface area contributed by atoms with Crippen molar-refractivity contribution in [2.24, 2.45) is 0 Å². The highest BCUT2D eigenvalue weighted by molar-refractivity contribution is 5.96. The van der Waals surface area contributed by atoms with Gasteiger partial charge < -0.3 is 15.2 Å². The van der Waals surface area contributed by atoms with E-state index in [1.807, 2.05) is 6.92 Å². The van der Waals surface area contributed by atoms with Crippen molar-refractivity contribution in [3.8, 4) is 5.75 Å². The van der Waals surface area contributed by atoms with E-state index in [9.17, 15) is 9.90 Å². The molecule has 1 aromatic rings. The maximum Gasteiger partial charge on any atom is 0.251 e. The predicted molar refractivity (Wildman–Crippen MR) is 68.7 cm³/mol. The fraction of sp³-hybridized carbons (Fsp3) is 0.500. The number of nitrogens with one attached hydrogen (secondary N) is 1. The maximum atomic E-state index is 12.1. The van der Waals surface area contributed by atoms with Gasteiger partial charge in [0.25, 0.3) is 5.91 Å². The minimum atomic E-state index is -0.0959. The van der Waals surface area contributed by atoms with Gasteiger partial charge in [-0.15, -0.1) is 0 Å². The van der Waals surface area contributed by atoms with Crippen LogP contribution >= 0.6 is 0 Å². The topological polar surface area (TPSA) is 58.6 Å². The van der Waals surface area contributed by atoms with E-state index >= 15 is 0 Å². The fourth-order valence-electron chi connectivity index (χ4n) is 2.52. The lowest BCUT2D eigenvalue weighted by Crippen LogP contribution is -2.40. The van der Waals surface area contributed by atoms with Crippen molar-refractivity contribution in [3.63, 3.8) is 0 Å². The number of rotatable bonds is 3. The standard InChI is InChI=1S/C14H19NO3/c1-9-8-10(16)6-7-11(9)14(17)15-12-4-3-5-13(12)18-2/h6-8,12-13,16H,3-5H2,1-2H3,(H,15,17). The van der Waals surface area contributed by atoms with Crippen molar-refractivity contribution in [2.75, 3.05) is 7.11 Å². The number of ether oxygens (including phenoxy) is 1. The van der Waals surface area contributed by atoms with Crippen LogP contribution in [-0.2, 0) is 4.74 Å². The number of aromatic hydroxyl groups is 1. The van der Waals surface area contributed by atoms with E-state index in [0.29, 0.717) is 5.56 Å². The quantitative estimate of drug-likeness (QED) is 0.861. The van der Waals surface area contributed by atoms with Crippen LogP contribution in [0.2, 0.25) is 0 Å². The van der Waals surface area contributed by atoms with Gasteiger partial charge in [0.15, 0.2) is 0 Å². The molecular formula is C14H19NO3. The summed E-state index contributed by atoms with van der Waals surface area (Å²) in [5.74, 6) is 0.0844. The molecule has 2 unspecified atom stereocenters. The van der Waals surface area contributed by atoms with Gasteiger partial charge in [-0.1, -0.05) is 0 Å². The molecule has 0 bridgehead atoms. The Morgan fingerprint density at radius 3 is 2.89 bits per heavy atom. The molecule has 0 heterocycles. The van der Waals surface area contributed by atoms with Crippen LogP contribution in [0.4, 0.5) is 0 Å². The highest BCUT2D eigenvalue weighted by Crippen LogP contribution is 2.22. The molecule has 0 aliphatic heterocycles. The first-order valence-corrected chi connectivity index (χ1v) is 6.25. The number of hydrogen-bond donors (Lipinski definition) is 2.